The molecule has 0 saturated heterocycles. The SMILES string of the molecule is CCc1nnc(NC(=O)CSC2=NC(C(C)C)=NC3=[N+](C)C(=O)N(C)C(=O)C23)s1. The number of nitrogens with zero attached hydrogens (tertiary/aromatic N) is 6. The lowest BCUT2D eigenvalue weighted by molar-refractivity contribution is -0.407. The lowest BCUT2D eigenvalue weighted by Gasteiger charge is -2.26. The fourth-order valence-electron chi connectivity index (χ4n) is 2.71. The van der Waals surface area contributed by atoms with E-state index in [-0.39, 0.29) is 17.6 Å². The molecule has 0 aliphatic carbocycles. The Morgan fingerprint density at radius 3 is 2.66 bits per heavy atom. The van der Waals surface area contributed by atoms with Crippen LogP contribution >= 0.6 is 23.1 Å². The van der Waals surface area contributed by atoms with E-state index in [0.717, 1.165) is 28.1 Å². The smallest absolute Gasteiger partial charge is 0.300 e. The number of urea groups is 1. The second-order valence-corrected chi connectivity index (χ2v) is 8.85. The Balaban J connectivity index is 1.81. The number of hydrogen-bond donors (Lipinski definition) is 1. The molecule has 0 bridgehead atoms. The fourth-order valence-corrected chi connectivity index (χ4v) is 4.28. The molecule has 1 N–H and O–H groups in total. The molecule has 10 nitrogen and oxygen atoms in total. The first kappa shape index (κ1) is 21.2. The molecule has 3 rings (SSSR count). The Bertz CT molecular complexity index is 964. The summed E-state index contributed by atoms with van der Waals surface area (Å²) in [5.74, 6) is -0.560. The molecule has 1 atom stereocenters. The van der Waals surface area contributed by atoms with Crippen LogP contribution in [0.3, 0.4) is 0 Å². The number of fused-ring (bicyclic) bond motifs is 1. The van der Waals surface area contributed by atoms with Crippen molar-refractivity contribution in [2.75, 3.05) is 25.2 Å². The van der Waals surface area contributed by atoms with Crippen molar-refractivity contribution in [3.05, 3.63) is 5.01 Å². The van der Waals surface area contributed by atoms with Gasteiger partial charge in [-0.25, -0.2) is 9.79 Å². The first-order chi connectivity index (χ1) is 13.7. The summed E-state index contributed by atoms with van der Waals surface area (Å²) in [5, 5.41) is 12.3. The third-order valence-electron chi connectivity index (χ3n) is 4.34. The van der Waals surface area contributed by atoms with Gasteiger partial charge in [0.05, 0.1) is 19.8 Å². The van der Waals surface area contributed by atoms with Crippen molar-refractivity contribution in [3.63, 3.8) is 0 Å². The van der Waals surface area contributed by atoms with Crippen LogP contribution in [0.4, 0.5) is 9.93 Å². The molecular formula is C17H22N7O3S2+. The maximum absolute atomic E-state index is 12.8. The third-order valence-corrected chi connectivity index (χ3v) is 6.35. The van der Waals surface area contributed by atoms with Crippen LogP contribution in [0.1, 0.15) is 25.8 Å². The van der Waals surface area contributed by atoms with Gasteiger partial charge in [0, 0.05) is 5.92 Å². The zero-order valence-corrected chi connectivity index (χ0v) is 18.4. The summed E-state index contributed by atoms with van der Waals surface area (Å²) in [6, 6.07) is -0.444. The normalized spacial score (nSPS) is 19.4. The Morgan fingerprint density at radius 1 is 1.31 bits per heavy atom. The molecule has 1 aromatic heterocycles. The van der Waals surface area contributed by atoms with E-state index in [2.05, 4.69) is 25.5 Å². The zero-order valence-electron chi connectivity index (χ0n) is 16.8. The maximum atomic E-state index is 12.8. The molecular weight excluding hydrogens is 414 g/mol. The second-order valence-electron chi connectivity index (χ2n) is 6.80. The van der Waals surface area contributed by atoms with Crippen LogP contribution in [-0.4, -0.2) is 74.1 Å². The summed E-state index contributed by atoms with van der Waals surface area (Å²) in [7, 11) is 3.01. The Hall–Kier alpha value is -2.47. The van der Waals surface area contributed by atoms with Crippen molar-refractivity contribution in [2.24, 2.45) is 21.8 Å². The van der Waals surface area contributed by atoms with Gasteiger partial charge < -0.3 is 0 Å². The van der Waals surface area contributed by atoms with E-state index in [1.54, 1.807) is 7.05 Å². The number of carbonyl (C=O) groups excluding carboxylic acids is 3. The monoisotopic (exact) mass is 436 g/mol. The van der Waals surface area contributed by atoms with Crippen LogP contribution < -0.4 is 5.32 Å². The fraction of sp³-hybridized carbons (Fsp3) is 0.529. The summed E-state index contributed by atoms with van der Waals surface area (Å²) >= 11 is 2.48. The Morgan fingerprint density at radius 2 is 2.03 bits per heavy atom. The molecule has 0 aromatic carbocycles. The van der Waals surface area contributed by atoms with Gasteiger partial charge in [0.15, 0.2) is 5.92 Å². The number of aryl methyl sites for hydroxylation is 1. The molecule has 0 fully saturated rings. The van der Waals surface area contributed by atoms with E-state index in [9.17, 15) is 14.4 Å². The Kier molecular flexibility index (Phi) is 6.22. The highest BCUT2D eigenvalue weighted by atomic mass is 32.2. The first-order valence-corrected chi connectivity index (χ1v) is 10.9. The van der Waals surface area contributed by atoms with Gasteiger partial charge in [-0.1, -0.05) is 48.9 Å². The van der Waals surface area contributed by atoms with E-state index in [1.165, 1.54) is 23.0 Å². The summed E-state index contributed by atoms with van der Waals surface area (Å²) in [6.45, 7) is 5.82. The van der Waals surface area contributed by atoms with Crippen molar-refractivity contribution in [2.45, 2.75) is 27.2 Å². The summed E-state index contributed by atoms with van der Waals surface area (Å²) in [6.07, 6.45) is 0.749. The standard InChI is InChI=1S/C17H21N7O3S2/c1-6-10-21-22-16(29-10)18-9(25)7-28-14-11-13(19-12(20-14)8(2)3)23(4)17(27)24(5)15(11)26/h8,11H,6-7H2,1-5H3/p+1. The molecule has 0 radical (unpaired) electrons. The van der Waals surface area contributed by atoms with E-state index in [0.29, 0.717) is 21.8 Å². The molecule has 0 spiro atoms. The second kappa shape index (κ2) is 8.49. The third kappa shape index (κ3) is 4.27. The van der Waals surface area contributed by atoms with E-state index < -0.39 is 17.9 Å². The largest absolute Gasteiger partial charge is 0.445 e. The number of hydrogen-bond acceptors (Lipinski definition) is 9. The molecule has 154 valence electrons. The highest BCUT2D eigenvalue weighted by Crippen LogP contribution is 2.26. The van der Waals surface area contributed by atoms with Gasteiger partial charge in [-0.15, -0.1) is 10.2 Å². The van der Waals surface area contributed by atoms with Crippen LogP contribution in [0.2, 0.25) is 0 Å². The molecule has 4 amide bonds. The molecule has 29 heavy (non-hydrogen) atoms. The molecule has 1 unspecified atom stereocenters. The lowest BCUT2D eigenvalue weighted by atomic mass is 10.0. The van der Waals surface area contributed by atoms with Gasteiger partial charge in [-0.2, -0.15) is 9.48 Å². The number of amides is 4. The molecule has 2 aliphatic heterocycles. The number of rotatable bonds is 5. The number of anilines is 1. The number of nitrogens with one attached hydrogen (secondary N) is 1. The minimum atomic E-state index is -0.795. The minimum absolute atomic E-state index is 0.00000488. The molecule has 3 heterocycles. The zero-order chi connectivity index (χ0) is 21.3. The summed E-state index contributed by atoms with van der Waals surface area (Å²) in [4.78, 5) is 47.4. The summed E-state index contributed by atoms with van der Waals surface area (Å²) in [5.41, 5.74) is 0. The first-order valence-electron chi connectivity index (χ1n) is 9.07. The molecule has 2 aliphatic rings. The van der Waals surface area contributed by atoms with Crippen molar-refractivity contribution >= 4 is 62.8 Å². The topological polar surface area (TPSA) is 120 Å². The Labute approximate surface area is 176 Å². The van der Waals surface area contributed by atoms with Gasteiger partial charge in [-0.3, -0.25) is 14.9 Å². The molecule has 1 aromatic rings. The van der Waals surface area contributed by atoms with Crippen molar-refractivity contribution < 1.29 is 19.0 Å². The van der Waals surface area contributed by atoms with Crippen molar-refractivity contribution in [1.29, 1.82) is 0 Å². The van der Waals surface area contributed by atoms with Gasteiger partial charge in [0.25, 0.3) is 5.84 Å². The quantitative estimate of drug-likeness (QED) is 0.698. The number of thioether (sulfide) groups is 1. The van der Waals surface area contributed by atoms with Crippen LogP contribution in [0, 0.1) is 11.8 Å². The van der Waals surface area contributed by atoms with Gasteiger partial charge in [0.1, 0.15) is 10.1 Å². The summed E-state index contributed by atoms with van der Waals surface area (Å²) < 4.78 is 1.36. The highest BCUT2D eigenvalue weighted by molar-refractivity contribution is 8.14. The van der Waals surface area contributed by atoms with Gasteiger partial charge >= 0.3 is 11.9 Å². The number of aromatic nitrogens is 2. The van der Waals surface area contributed by atoms with Crippen molar-refractivity contribution in [1.82, 2.24) is 15.1 Å². The lowest BCUT2D eigenvalue weighted by Crippen LogP contribution is -2.55. The number of carbonyl (C=O) groups is 3. The number of amidine groups is 2. The minimum Gasteiger partial charge on any atom is -0.300 e. The molecule has 0 saturated carbocycles. The van der Waals surface area contributed by atoms with Crippen LogP contribution in [-0.2, 0) is 16.0 Å². The highest BCUT2D eigenvalue weighted by Gasteiger charge is 2.49. The predicted octanol–water partition coefficient (Wildman–Crippen LogP) is 1.49. The van der Waals surface area contributed by atoms with E-state index >= 15 is 0 Å². The van der Waals surface area contributed by atoms with E-state index in [1.807, 2.05) is 20.8 Å². The van der Waals surface area contributed by atoms with Crippen LogP contribution in [0.15, 0.2) is 9.98 Å². The van der Waals surface area contributed by atoms with E-state index in [4.69, 9.17) is 0 Å². The maximum Gasteiger partial charge on any atom is 0.445 e. The van der Waals surface area contributed by atoms with Crippen LogP contribution in [0.5, 0.6) is 0 Å². The van der Waals surface area contributed by atoms with Gasteiger partial charge in [-0.05, 0) is 6.42 Å². The number of aliphatic imine (C=N–C) groups is 2. The van der Waals surface area contributed by atoms with Crippen molar-refractivity contribution in [3.8, 4) is 0 Å². The van der Waals surface area contributed by atoms with Crippen LogP contribution in [0.25, 0.3) is 0 Å². The predicted molar refractivity (Wildman–Crippen MR) is 113 cm³/mol. The van der Waals surface area contributed by atoms with Gasteiger partial charge in [0.2, 0.25) is 16.9 Å². The number of imide groups is 1. The average Bonchev–Trinajstić information content (AvgIpc) is 3.15. The average molecular weight is 437 g/mol. The molecule has 12 heteroatoms.